The zero-order chi connectivity index (χ0) is 14.7. The minimum Gasteiger partial charge on any atom is -0.456 e. The van der Waals surface area contributed by atoms with Crippen molar-refractivity contribution in [3.63, 3.8) is 0 Å². The third-order valence-corrected chi connectivity index (χ3v) is 2.89. The number of benzene rings is 2. The van der Waals surface area contributed by atoms with Crippen LogP contribution in [0.5, 0.6) is 11.5 Å². The summed E-state index contributed by atoms with van der Waals surface area (Å²) in [5, 5.41) is 20.2. The van der Waals surface area contributed by atoms with Crippen LogP contribution in [0.2, 0.25) is 5.02 Å². The topological polar surface area (TPSA) is 76.2 Å². The lowest BCUT2D eigenvalue weighted by atomic mass is 10.2. The Morgan fingerprint density at radius 1 is 1.30 bits per heavy atom. The lowest BCUT2D eigenvalue weighted by molar-refractivity contribution is -0.385. The lowest BCUT2D eigenvalue weighted by Gasteiger charge is -2.08. The van der Waals surface area contributed by atoms with Gasteiger partial charge in [-0.3, -0.25) is 10.1 Å². The molecule has 5 nitrogen and oxygen atoms in total. The largest absolute Gasteiger partial charge is 0.456 e. The number of halogens is 1. The molecule has 0 radical (unpaired) electrons. The van der Waals surface area contributed by atoms with Gasteiger partial charge in [-0.2, -0.15) is 5.26 Å². The summed E-state index contributed by atoms with van der Waals surface area (Å²) < 4.78 is 5.57. The van der Waals surface area contributed by atoms with Gasteiger partial charge in [-0.05, 0) is 31.2 Å². The third kappa shape index (κ3) is 2.87. The quantitative estimate of drug-likeness (QED) is 0.626. The first-order valence-electron chi connectivity index (χ1n) is 5.64. The van der Waals surface area contributed by atoms with Gasteiger partial charge in [0.2, 0.25) is 0 Å². The van der Waals surface area contributed by atoms with Crippen LogP contribution in [-0.4, -0.2) is 4.92 Å². The van der Waals surface area contributed by atoms with Gasteiger partial charge in [-0.15, -0.1) is 0 Å². The molecular weight excluding hydrogens is 280 g/mol. The second-order valence-corrected chi connectivity index (χ2v) is 4.50. The molecule has 0 aliphatic heterocycles. The summed E-state index contributed by atoms with van der Waals surface area (Å²) in [4.78, 5) is 10.3. The second-order valence-electron chi connectivity index (χ2n) is 4.06. The Hall–Kier alpha value is -2.58. The van der Waals surface area contributed by atoms with Crippen LogP contribution in [0.25, 0.3) is 0 Å². The summed E-state index contributed by atoms with van der Waals surface area (Å²) in [6.45, 7) is 1.62. The van der Waals surface area contributed by atoms with Crippen LogP contribution < -0.4 is 4.74 Å². The van der Waals surface area contributed by atoms with Gasteiger partial charge in [0.15, 0.2) is 0 Å². The van der Waals surface area contributed by atoms with Gasteiger partial charge < -0.3 is 4.74 Å². The van der Waals surface area contributed by atoms with Gasteiger partial charge in [0.05, 0.1) is 10.5 Å². The highest BCUT2D eigenvalue weighted by atomic mass is 35.5. The fourth-order valence-electron chi connectivity index (χ4n) is 1.70. The molecule has 0 aromatic heterocycles. The van der Waals surface area contributed by atoms with Crippen molar-refractivity contribution in [1.82, 2.24) is 0 Å². The van der Waals surface area contributed by atoms with Crippen LogP contribution in [0.4, 0.5) is 5.69 Å². The van der Waals surface area contributed by atoms with Gasteiger partial charge >= 0.3 is 0 Å². The molecule has 0 aliphatic rings. The average Bonchev–Trinajstić information content (AvgIpc) is 2.38. The predicted molar refractivity (Wildman–Crippen MR) is 74.1 cm³/mol. The van der Waals surface area contributed by atoms with E-state index >= 15 is 0 Å². The third-order valence-electron chi connectivity index (χ3n) is 2.66. The lowest BCUT2D eigenvalue weighted by Crippen LogP contribution is -1.93. The van der Waals surface area contributed by atoms with Crippen LogP contribution in [0.3, 0.4) is 0 Å². The molecule has 0 saturated heterocycles. The fourth-order valence-corrected chi connectivity index (χ4v) is 1.86. The van der Waals surface area contributed by atoms with Gasteiger partial charge in [0.1, 0.15) is 17.6 Å². The molecule has 0 amide bonds. The minimum atomic E-state index is -0.459. The first kappa shape index (κ1) is 13.8. The van der Waals surface area contributed by atoms with Crippen molar-refractivity contribution in [3.8, 4) is 17.6 Å². The Labute approximate surface area is 120 Å². The fraction of sp³-hybridized carbons (Fsp3) is 0.0714. The second kappa shape index (κ2) is 5.59. The minimum absolute atomic E-state index is 0.0175. The van der Waals surface area contributed by atoms with Crippen LogP contribution in [0.15, 0.2) is 36.4 Å². The number of hydrogen-bond donors (Lipinski definition) is 0. The molecule has 20 heavy (non-hydrogen) atoms. The Morgan fingerprint density at radius 2 is 2.05 bits per heavy atom. The summed E-state index contributed by atoms with van der Waals surface area (Å²) in [5.41, 5.74) is 0.836. The Morgan fingerprint density at radius 3 is 2.65 bits per heavy atom. The summed E-state index contributed by atoms with van der Waals surface area (Å²) in [7, 11) is 0. The standard InChI is InChI=1S/C14H9ClN2O3/c1-9-6-12(4-5-13(9)17(18)19)20-14-7-11(15)3-2-10(14)8-16/h2-7H,1H3. The van der Waals surface area contributed by atoms with Crippen molar-refractivity contribution in [2.45, 2.75) is 6.92 Å². The van der Waals surface area contributed by atoms with Gasteiger partial charge in [0, 0.05) is 22.7 Å². The van der Waals surface area contributed by atoms with Crippen LogP contribution in [-0.2, 0) is 0 Å². The van der Waals surface area contributed by atoms with E-state index in [-0.39, 0.29) is 5.69 Å². The van der Waals surface area contributed by atoms with Crippen molar-refractivity contribution in [1.29, 1.82) is 5.26 Å². The molecular formula is C14H9ClN2O3. The molecule has 2 aromatic rings. The zero-order valence-electron chi connectivity index (χ0n) is 10.5. The molecule has 0 atom stereocenters. The maximum Gasteiger partial charge on any atom is 0.272 e. The normalized spacial score (nSPS) is 9.85. The van der Waals surface area contributed by atoms with Crippen molar-refractivity contribution in [2.24, 2.45) is 0 Å². The number of nitrogens with zero attached hydrogens (tertiary/aromatic N) is 2. The number of hydrogen-bond acceptors (Lipinski definition) is 4. The highest BCUT2D eigenvalue weighted by molar-refractivity contribution is 6.30. The average molecular weight is 289 g/mol. The monoisotopic (exact) mass is 288 g/mol. The maximum atomic E-state index is 10.7. The van der Waals surface area contributed by atoms with E-state index in [0.29, 0.717) is 27.6 Å². The van der Waals surface area contributed by atoms with E-state index in [4.69, 9.17) is 21.6 Å². The van der Waals surface area contributed by atoms with Gasteiger partial charge in [0.25, 0.3) is 5.69 Å². The molecule has 0 N–H and O–H groups in total. The number of ether oxygens (including phenoxy) is 1. The van der Waals surface area contributed by atoms with E-state index < -0.39 is 4.92 Å². The highest BCUT2D eigenvalue weighted by Gasteiger charge is 2.12. The van der Waals surface area contributed by atoms with E-state index in [2.05, 4.69) is 0 Å². The molecule has 2 rings (SSSR count). The molecule has 0 aliphatic carbocycles. The first-order chi connectivity index (χ1) is 9.51. The van der Waals surface area contributed by atoms with E-state index in [9.17, 15) is 10.1 Å². The highest BCUT2D eigenvalue weighted by Crippen LogP contribution is 2.30. The molecule has 0 bridgehead atoms. The summed E-state index contributed by atoms with van der Waals surface area (Å²) in [5.74, 6) is 0.722. The molecule has 0 fully saturated rings. The van der Waals surface area contributed by atoms with Crippen molar-refractivity contribution in [3.05, 3.63) is 62.7 Å². The maximum absolute atomic E-state index is 10.7. The summed E-state index contributed by atoms with van der Waals surface area (Å²) >= 11 is 5.86. The molecule has 0 spiro atoms. The van der Waals surface area contributed by atoms with Crippen LogP contribution in [0, 0.1) is 28.4 Å². The molecule has 0 saturated carbocycles. The number of aryl methyl sites for hydroxylation is 1. The van der Waals surface area contributed by atoms with Crippen molar-refractivity contribution in [2.75, 3.05) is 0 Å². The molecule has 0 heterocycles. The molecule has 0 unspecified atom stereocenters. The predicted octanol–water partition coefficient (Wildman–Crippen LogP) is 4.22. The van der Waals surface area contributed by atoms with Gasteiger partial charge in [-0.25, -0.2) is 0 Å². The van der Waals surface area contributed by atoms with E-state index in [1.54, 1.807) is 25.1 Å². The molecule has 2 aromatic carbocycles. The van der Waals surface area contributed by atoms with Gasteiger partial charge in [-0.1, -0.05) is 11.6 Å². The van der Waals surface area contributed by atoms with E-state index in [1.165, 1.54) is 18.2 Å². The number of rotatable bonds is 3. The SMILES string of the molecule is Cc1cc(Oc2cc(Cl)ccc2C#N)ccc1[N+](=O)[O-]. The molecule has 100 valence electrons. The zero-order valence-corrected chi connectivity index (χ0v) is 11.2. The van der Waals surface area contributed by atoms with Crippen molar-refractivity contribution < 1.29 is 9.66 Å². The molecule has 6 heteroatoms. The summed E-state index contributed by atoms with van der Waals surface area (Å²) in [6.07, 6.45) is 0. The van der Waals surface area contributed by atoms with E-state index in [0.717, 1.165) is 0 Å². The van der Waals surface area contributed by atoms with Crippen LogP contribution in [0.1, 0.15) is 11.1 Å². The van der Waals surface area contributed by atoms with Crippen molar-refractivity contribution >= 4 is 17.3 Å². The number of nitriles is 1. The number of nitro groups is 1. The Bertz CT molecular complexity index is 723. The number of nitro benzene ring substituents is 1. The smallest absolute Gasteiger partial charge is 0.272 e. The Balaban J connectivity index is 2.36. The summed E-state index contributed by atoms with van der Waals surface area (Å²) in [6, 6.07) is 11.0. The Kier molecular flexibility index (Phi) is 3.87. The first-order valence-corrected chi connectivity index (χ1v) is 6.01. The van der Waals surface area contributed by atoms with E-state index in [1.807, 2.05) is 6.07 Å². The van der Waals surface area contributed by atoms with Crippen LogP contribution >= 0.6 is 11.6 Å².